The van der Waals surface area contributed by atoms with Gasteiger partial charge >= 0.3 is 0 Å². The van der Waals surface area contributed by atoms with Crippen LogP contribution >= 0.6 is 15.9 Å². The van der Waals surface area contributed by atoms with Gasteiger partial charge < -0.3 is 9.47 Å². The molecule has 0 atom stereocenters. The lowest BCUT2D eigenvalue weighted by molar-refractivity contribution is 0.0814. The first kappa shape index (κ1) is 19.1. The Labute approximate surface area is 163 Å². The third-order valence-electron chi connectivity index (χ3n) is 4.11. The van der Waals surface area contributed by atoms with Crippen LogP contribution in [0, 0.1) is 0 Å². The number of rotatable bonds is 7. The second-order valence-corrected chi connectivity index (χ2v) is 14.0. The summed E-state index contributed by atoms with van der Waals surface area (Å²) in [5.41, 5.74) is 2.69. The molecule has 0 saturated heterocycles. The molecule has 2 heterocycles. The fraction of sp³-hybridized carbons (Fsp3) is 0.368. The maximum absolute atomic E-state index is 5.89. The highest BCUT2D eigenvalue weighted by molar-refractivity contribution is 9.10. The van der Waals surface area contributed by atoms with Crippen LogP contribution in [-0.2, 0) is 11.5 Å². The van der Waals surface area contributed by atoms with Crippen molar-refractivity contribution in [2.24, 2.45) is 0 Å². The highest BCUT2D eigenvalue weighted by Crippen LogP contribution is 2.30. The van der Waals surface area contributed by atoms with E-state index >= 15 is 0 Å². The van der Waals surface area contributed by atoms with Gasteiger partial charge in [-0.3, -0.25) is 0 Å². The van der Waals surface area contributed by atoms with Crippen molar-refractivity contribution in [1.29, 1.82) is 0 Å². The fourth-order valence-corrected chi connectivity index (χ4v) is 3.72. The van der Waals surface area contributed by atoms with Crippen LogP contribution in [0.3, 0.4) is 0 Å². The lowest BCUT2D eigenvalue weighted by Gasteiger charge is -2.15. The summed E-state index contributed by atoms with van der Waals surface area (Å²) in [5, 5.41) is 5.76. The molecule has 0 radical (unpaired) electrons. The van der Waals surface area contributed by atoms with Gasteiger partial charge in [0.2, 0.25) is 0 Å². The van der Waals surface area contributed by atoms with Crippen LogP contribution < -0.4 is 4.74 Å². The smallest absolute Gasteiger partial charge is 0.160 e. The Bertz CT molecular complexity index is 905. The topological polar surface area (TPSA) is 49.2 Å². The average Bonchev–Trinajstić information content (AvgIpc) is 2.96. The largest absolute Gasteiger partial charge is 0.497 e. The Morgan fingerprint density at radius 2 is 2.00 bits per heavy atom. The van der Waals surface area contributed by atoms with E-state index in [2.05, 4.69) is 40.6 Å². The molecule has 0 aliphatic carbocycles. The van der Waals surface area contributed by atoms with E-state index in [-0.39, 0.29) is 0 Å². The predicted octanol–water partition coefficient (Wildman–Crippen LogP) is 5.18. The van der Waals surface area contributed by atoms with Crippen molar-refractivity contribution in [2.45, 2.75) is 32.4 Å². The molecule has 0 aliphatic heterocycles. The second kappa shape index (κ2) is 7.90. The van der Waals surface area contributed by atoms with Crippen molar-refractivity contribution in [3.05, 3.63) is 41.0 Å². The van der Waals surface area contributed by atoms with Crippen molar-refractivity contribution in [3.8, 4) is 17.0 Å². The molecule has 0 bridgehead atoms. The molecule has 0 saturated carbocycles. The normalized spacial score (nSPS) is 11.9. The third kappa shape index (κ3) is 4.52. The zero-order chi connectivity index (χ0) is 18.7. The minimum Gasteiger partial charge on any atom is -0.497 e. The molecule has 138 valence electrons. The molecule has 0 amide bonds. The zero-order valence-electron chi connectivity index (χ0n) is 15.6. The molecule has 3 aromatic rings. The number of nitrogens with zero attached hydrogens (tertiary/aromatic N) is 3. The van der Waals surface area contributed by atoms with Crippen molar-refractivity contribution in [3.63, 3.8) is 0 Å². The first-order valence-corrected chi connectivity index (χ1v) is 13.1. The minimum absolute atomic E-state index is 0.402. The number of fused-ring (bicyclic) bond motifs is 1. The van der Waals surface area contributed by atoms with Crippen molar-refractivity contribution in [1.82, 2.24) is 14.8 Å². The molecule has 5 nitrogen and oxygen atoms in total. The molecule has 0 N–H and O–H groups in total. The molecule has 0 spiro atoms. The number of methoxy groups -OCH3 is 1. The van der Waals surface area contributed by atoms with Gasteiger partial charge in [-0.05, 0) is 40.2 Å². The van der Waals surface area contributed by atoms with E-state index in [1.807, 2.05) is 35.0 Å². The van der Waals surface area contributed by atoms with Crippen LogP contribution in [0.2, 0.25) is 25.7 Å². The van der Waals surface area contributed by atoms with E-state index in [9.17, 15) is 0 Å². The number of aromatic nitrogens is 3. The standard InChI is InChI=1S/C19H24BrN3O2Si/c1-24-16-7-5-6-14(10-16)18-17-11-15(20)12-21-19(17)23(22-18)13-25-8-9-26(2,3)4/h5-7,10-12H,8-9,13H2,1-4H3. The van der Waals surface area contributed by atoms with Gasteiger partial charge in [-0.25, -0.2) is 9.67 Å². The number of hydrogen-bond donors (Lipinski definition) is 0. The quantitative estimate of drug-likeness (QED) is 0.380. The Balaban J connectivity index is 1.92. The number of ether oxygens (including phenoxy) is 2. The minimum atomic E-state index is -1.10. The SMILES string of the molecule is COc1cccc(-c2nn(COCC[Si](C)(C)C)c3ncc(Br)cc23)c1. The number of hydrogen-bond acceptors (Lipinski definition) is 4. The van der Waals surface area contributed by atoms with Gasteiger partial charge in [0.1, 0.15) is 18.2 Å². The van der Waals surface area contributed by atoms with E-state index in [0.29, 0.717) is 6.73 Å². The summed E-state index contributed by atoms with van der Waals surface area (Å²) in [4.78, 5) is 4.55. The van der Waals surface area contributed by atoms with Crippen LogP contribution in [-0.4, -0.2) is 36.6 Å². The summed E-state index contributed by atoms with van der Waals surface area (Å²) in [5.74, 6) is 0.805. The Morgan fingerprint density at radius 1 is 1.19 bits per heavy atom. The van der Waals surface area contributed by atoms with Crippen LogP contribution in [0.15, 0.2) is 41.0 Å². The van der Waals surface area contributed by atoms with E-state index < -0.39 is 8.07 Å². The van der Waals surface area contributed by atoms with Gasteiger partial charge in [0.05, 0.1) is 7.11 Å². The molecule has 0 fully saturated rings. The summed E-state index contributed by atoms with van der Waals surface area (Å²) in [6.45, 7) is 8.20. The molecule has 7 heteroatoms. The summed E-state index contributed by atoms with van der Waals surface area (Å²) in [6, 6.07) is 11.1. The van der Waals surface area contributed by atoms with Crippen molar-refractivity contribution < 1.29 is 9.47 Å². The highest BCUT2D eigenvalue weighted by Gasteiger charge is 2.16. The molecule has 26 heavy (non-hydrogen) atoms. The number of benzene rings is 1. The lowest BCUT2D eigenvalue weighted by Crippen LogP contribution is -2.22. The molecule has 1 aromatic carbocycles. The van der Waals surface area contributed by atoms with Crippen LogP contribution in [0.5, 0.6) is 5.75 Å². The summed E-state index contributed by atoms with van der Waals surface area (Å²) in [7, 11) is 0.562. The van der Waals surface area contributed by atoms with Gasteiger partial charge in [0.25, 0.3) is 0 Å². The molecule has 3 rings (SSSR count). The zero-order valence-corrected chi connectivity index (χ0v) is 18.2. The highest BCUT2D eigenvalue weighted by atomic mass is 79.9. The van der Waals surface area contributed by atoms with E-state index in [1.165, 1.54) is 0 Å². The molecule has 2 aromatic heterocycles. The molecule has 0 unspecified atom stereocenters. The Hall–Kier alpha value is -1.70. The first-order chi connectivity index (χ1) is 12.4. The van der Waals surface area contributed by atoms with Crippen molar-refractivity contribution in [2.75, 3.05) is 13.7 Å². The Morgan fingerprint density at radius 3 is 2.73 bits per heavy atom. The van der Waals surface area contributed by atoms with Gasteiger partial charge in [-0.15, -0.1) is 0 Å². The van der Waals surface area contributed by atoms with Gasteiger partial charge in [-0.2, -0.15) is 5.10 Å². The van der Waals surface area contributed by atoms with E-state index in [4.69, 9.17) is 14.6 Å². The maximum atomic E-state index is 5.89. The summed E-state index contributed by atoms with van der Waals surface area (Å²) in [6.07, 6.45) is 1.79. The molecular weight excluding hydrogens is 410 g/mol. The number of pyridine rings is 1. The van der Waals surface area contributed by atoms with E-state index in [0.717, 1.165) is 45.2 Å². The predicted molar refractivity (Wildman–Crippen MR) is 111 cm³/mol. The van der Waals surface area contributed by atoms with Crippen LogP contribution in [0.1, 0.15) is 0 Å². The first-order valence-electron chi connectivity index (χ1n) is 8.61. The average molecular weight is 434 g/mol. The maximum Gasteiger partial charge on any atom is 0.160 e. The molecular formula is C19H24BrN3O2Si. The Kier molecular flexibility index (Phi) is 5.79. The fourth-order valence-electron chi connectivity index (χ4n) is 2.64. The van der Waals surface area contributed by atoms with Crippen LogP contribution in [0.4, 0.5) is 0 Å². The summed E-state index contributed by atoms with van der Waals surface area (Å²) >= 11 is 3.51. The lowest BCUT2D eigenvalue weighted by atomic mass is 10.1. The van der Waals surface area contributed by atoms with Gasteiger partial charge in [0.15, 0.2) is 5.65 Å². The number of halogens is 1. The summed E-state index contributed by atoms with van der Waals surface area (Å²) < 4.78 is 14.0. The van der Waals surface area contributed by atoms with Gasteiger partial charge in [-0.1, -0.05) is 31.8 Å². The van der Waals surface area contributed by atoms with Crippen molar-refractivity contribution >= 4 is 35.0 Å². The monoisotopic (exact) mass is 433 g/mol. The third-order valence-corrected chi connectivity index (χ3v) is 6.24. The van der Waals surface area contributed by atoms with E-state index in [1.54, 1.807) is 13.3 Å². The van der Waals surface area contributed by atoms with Gasteiger partial charge in [0, 0.05) is 36.3 Å². The van der Waals surface area contributed by atoms with Crippen LogP contribution in [0.25, 0.3) is 22.3 Å². The molecule has 0 aliphatic rings. The second-order valence-electron chi connectivity index (χ2n) is 7.45.